The summed E-state index contributed by atoms with van der Waals surface area (Å²) in [5.41, 5.74) is 7.15. The van der Waals surface area contributed by atoms with Gasteiger partial charge in [0.1, 0.15) is 5.82 Å². The zero-order valence-corrected chi connectivity index (χ0v) is 12.2. The third-order valence-corrected chi connectivity index (χ3v) is 3.56. The molecule has 0 saturated heterocycles. The van der Waals surface area contributed by atoms with Crippen molar-refractivity contribution in [1.82, 2.24) is 19.7 Å². The van der Waals surface area contributed by atoms with Gasteiger partial charge in [0.2, 0.25) is 11.8 Å². The smallest absolute Gasteiger partial charge is 0.223 e. The second-order valence-electron chi connectivity index (χ2n) is 4.36. The lowest BCUT2D eigenvalue weighted by molar-refractivity contribution is 0.386. The Morgan fingerprint density at radius 1 is 1.40 bits per heavy atom. The van der Waals surface area contributed by atoms with Crippen molar-refractivity contribution in [2.24, 2.45) is 0 Å². The molecule has 20 heavy (non-hydrogen) atoms. The number of benzene rings is 1. The van der Waals surface area contributed by atoms with E-state index < -0.39 is 0 Å². The van der Waals surface area contributed by atoms with E-state index in [2.05, 4.69) is 31.1 Å². The van der Waals surface area contributed by atoms with Crippen LogP contribution in [0.25, 0.3) is 11.0 Å². The Morgan fingerprint density at radius 3 is 2.90 bits per heavy atom. The van der Waals surface area contributed by atoms with Gasteiger partial charge in [-0.05, 0) is 22.0 Å². The molecule has 0 aliphatic carbocycles. The number of hydrogen-bond acceptors (Lipinski definition) is 5. The molecule has 6 nitrogen and oxygen atoms in total. The van der Waals surface area contributed by atoms with Crippen molar-refractivity contribution in [1.29, 1.82) is 0 Å². The van der Waals surface area contributed by atoms with Crippen LogP contribution in [0.4, 0.5) is 10.3 Å². The van der Waals surface area contributed by atoms with Crippen molar-refractivity contribution in [3.8, 4) is 0 Å². The number of nitrogen functional groups attached to an aromatic ring is 1. The molecule has 0 saturated carbocycles. The van der Waals surface area contributed by atoms with E-state index in [0.29, 0.717) is 46.1 Å². The zero-order chi connectivity index (χ0) is 14.3. The van der Waals surface area contributed by atoms with Crippen LogP contribution >= 0.6 is 15.9 Å². The van der Waals surface area contributed by atoms with E-state index in [0.717, 1.165) is 0 Å². The first-order valence-electron chi connectivity index (χ1n) is 5.94. The molecule has 0 aliphatic heterocycles. The summed E-state index contributed by atoms with van der Waals surface area (Å²) >= 11 is 3.13. The van der Waals surface area contributed by atoms with Gasteiger partial charge in [-0.3, -0.25) is 0 Å². The molecule has 2 aromatic heterocycles. The highest BCUT2D eigenvalue weighted by molar-refractivity contribution is 9.10. The van der Waals surface area contributed by atoms with Crippen LogP contribution in [0.5, 0.6) is 0 Å². The molecule has 0 amide bonds. The van der Waals surface area contributed by atoms with Gasteiger partial charge >= 0.3 is 0 Å². The van der Waals surface area contributed by atoms with Crippen LogP contribution < -0.4 is 5.73 Å². The van der Waals surface area contributed by atoms with Gasteiger partial charge in [0.15, 0.2) is 5.82 Å². The minimum Gasteiger partial charge on any atom is -0.369 e. The molecule has 8 heteroatoms. The summed E-state index contributed by atoms with van der Waals surface area (Å²) in [5, 5.41) is 3.81. The second kappa shape index (κ2) is 4.86. The predicted octanol–water partition coefficient (Wildman–Crippen LogP) is 2.45. The highest BCUT2D eigenvalue weighted by Gasteiger charge is 2.12. The molecule has 0 spiro atoms. The molecule has 104 valence electrons. The molecule has 0 bridgehead atoms. The minimum absolute atomic E-state index is 0.331. The molecular formula is C12H11BrFN5O. The lowest BCUT2D eigenvalue weighted by atomic mass is 10.3. The maximum atomic E-state index is 13.6. The zero-order valence-electron chi connectivity index (χ0n) is 10.6. The molecule has 0 radical (unpaired) electrons. The van der Waals surface area contributed by atoms with Crippen molar-refractivity contribution < 1.29 is 8.91 Å². The van der Waals surface area contributed by atoms with Gasteiger partial charge < -0.3 is 14.8 Å². The number of nitrogens with zero attached hydrogens (tertiary/aromatic N) is 4. The second-order valence-corrected chi connectivity index (χ2v) is 5.21. The maximum Gasteiger partial charge on any atom is 0.223 e. The minimum atomic E-state index is -0.353. The van der Waals surface area contributed by atoms with E-state index >= 15 is 0 Å². The van der Waals surface area contributed by atoms with Crippen molar-refractivity contribution >= 4 is 32.9 Å². The summed E-state index contributed by atoms with van der Waals surface area (Å²) in [4.78, 5) is 8.33. The molecule has 3 aromatic rings. The van der Waals surface area contributed by atoms with Crippen molar-refractivity contribution in [3.63, 3.8) is 0 Å². The molecule has 3 rings (SSSR count). The van der Waals surface area contributed by atoms with Gasteiger partial charge in [-0.15, -0.1) is 0 Å². The Morgan fingerprint density at radius 2 is 2.20 bits per heavy atom. The van der Waals surface area contributed by atoms with Crippen LogP contribution in [-0.4, -0.2) is 19.7 Å². The lowest BCUT2D eigenvalue weighted by Gasteiger charge is -2.04. The predicted molar refractivity (Wildman–Crippen MR) is 74.5 cm³/mol. The summed E-state index contributed by atoms with van der Waals surface area (Å²) in [6, 6.07) is 3.01. The monoisotopic (exact) mass is 339 g/mol. The third-order valence-electron chi connectivity index (χ3n) is 2.95. The summed E-state index contributed by atoms with van der Waals surface area (Å²) in [5.74, 6) is 1.08. The summed E-state index contributed by atoms with van der Waals surface area (Å²) in [6.07, 6.45) is 0.532. The number of hydrogen-bond donors (Lipinski definition) is 1. The van der Waals surface area contributed by atoms with Gasteiger partial charge in [-0.25, -0.2) is 9.37 Å². The third kappa shape index (κ3) is 2.26. The molecule has 0 fully saturated rings. The SMILES string of the molecule is Cc1nc(CCn2c(N)nc3cc(Br)c(F)cc32)no1. The molecular weight excluding hydrogens is 329 g/mol. The van der Waals surface area contributed by atoms with Gasteiger partial charge in [-0.2, -0.15) is 4.98 Å². The number of aromatic nitrogens is 4. The molecule has 0 unspecified atom stereocenters. The Balaban J connectivity index is 1.94. The Bertz CT molecular complexity index is 782. The number of imidazole rings is 1. The van der Waals surface area contributed by atoms with Crippen LogP contribution in [0, 0.1) is 12.7 Å². The first kappa shape index (κ1) is 13.0. The van der Waals surface area contributed by atoms with E-state index in [4.69, 9.17) is 10.3 Å². The highest BCUT2D eigenvalue weighted by atomic mass is 79.9. The summed E-state index contributed by atoms with van der Waals surface area (Å²) in [6.45, 7) is 2.23. The number of nitrogens with two attached hydrogens (primary N) is 1. The van der Waals surface area contributed by atoms with Crippen LogP contribution in [0.2, 0.25) is 0 Å². The first-order chi connectivity index (χ1) is 9.54. The lowest BCUT2D eigenvalue weighted by Crippen LogP contribution is -2.06. The van der Waals surface area contributed by atoms with Crippen LogP contribution in [0.3, 0.4) is 0 Å². The van der Waals surface area contributed by atoms with Gasteiger partial charge in [0.25, 0.3) is 0 Å². The average Bonchev–Trinajstić information content (AvgIpc) is 2.92. The fourth-order valence-corrected chi connectivity index (χ4v) is 2.36. The number of rotatable bonds is 3. The van der Waals surface area contributed by atoms with Crippen LogP contribution in [-0.2, 0) is 13.0 Å². The normalized spacial score (nSPS) is 11.3. The first-order valence-corrected chi connectivity index (χ1v) is 6.74. The van der Waals surface area contributed by atoms with E-state index in [1.165, 1.54) is 6.07 Å². The molecule has 1 aromatic carbocycles. The summed E-state index contributed by atoms with van der Waals surface area (Å²) in [7, 11) is 0. The number of fused-ring (bicyclic) bond motifs is 1. The van der Waals surface area contributed by atoms with E-state index in [9.17, 15) is 4.39 Å². The molecule has 0 atom stereocenters. The van der Waals surface area contributed by atoms with Crippen molar-refractivity contribution in [2.75, 3.05) is 5.73 Å². The Kier molecular flexibility index (Phi) is 3.17. The largest absolute Gasteiger partial charge is 0.369 e. The Hall–Kier alpha value is -1.96. The van der Waals surface area contributed by atoms with E-state index in [-0.39, 0.29) is 5.82 Å². The van der Waals surface area contributed by atoms with Crippen molar-refractivity contribution in [2.45, 2.75) is 19.9 Å². The maximum absolute atomic E-state index is 13.6. The van der Waals surface area contributed by atoms with Gasteiger partial charge in [-0.1, -0.05) is 5.16 Å². The fraction of sp³-hybridized carbons (Fsp3) is 0.250. The summed E-state index contributed by atoms with van der Waals surface area (Å²) < 4.78 is 20.6. The van der Waals surface area contributed by atoms with E-state index in [1.807, 2.05) is 0 Å². The number of anilines is 1. The number of halogens is 2. The molecule has 0 aliphatic rings. The van der Waals surface area contributed by atoms with Crippen molar-refractivity contribution in [3.05, 3.63) is 34.1 Å². The van der Waals surface area contributed by atoms with Crippen LogP contribution in [0.15, 0.2) is 21.1 Å². The standard InChI is InChI=1S/C12H11BrFN5O/c1-6-16-11(18-20-6)2-3-19-10-5-8(14)7(13)4-9(10)17-12(19)15/h4-5H,2-3H2,1H3,(H2,15,17). The highest BCUT2D eigenvalue weighted by Crippen LogP contribution is 2.25. The van der Waals surface area contributed by atoms with Gasteiger partial charge in [0.05, 0.1) is 15.5 Å². The number of aryl methyl sites for hydroxylation is 3. The Labute approximate surface area is 121 Å². The van der Waals surface area contributed by atoms with E-state index in [1.54, 1.807) is 17.6 Å². The fourth-order valence-electron chi connectivity index (χ4n) is 2.03. The van der Waals surface area contributed by atoms with Gasteiger partial charge in [0, 0.05) is 26.0 Å². The molecule has 2 heterocycles. The van der Waals surface area contributed by atoms with Crippen LogP contribution in [0.1, 0.15) is 11.7 Å². The molecule has 2 N–H and O–H groups in total. The topological polar surface area (TPSA) is 82.8 Å². The quantitative estimate of drug-likeness (QED) is 0.792. The average molecular weight is 340 g/mol.